The molecule has 0 spiro atoms. The lowest BCUT2D eigenvalue weighted by Gasteiger charge is -2.16. The molecule has 5 heteroatoms. The number of thiophene rings is 1. The zero-order chi connectivity index (χ0) is 15.7. The Morgan fingerprint density at radius 2 is 2.29 bits per heavy atom. The summed E-state index contributed by atoms with van der Waals surface area (Å²) < 4.78 is 0. The average molecular weight is 308 g/mol. The molecule has 1 rings (SSSR count). The van der Waals surface area contributed by atoms with Crippen LogP contribution in [-0.4, -0.2) is 42.7 Å². The number of hydrogen-bond acceptors (Lipinski definition) is 4. The van der Waals surface area contributed by atoms with Crippen LogP contribution in [0.3, 0.4) is 0 Å². The first kappa shape index (κ1) is 17.7. The van der Waals surface area contributed by atoms with Gasteiger partial charge in [0, 0.05) is 30.0 Å². The third-order valence-electron chi connectivity index (χ3n) is 2.74. The fraction of sp³-hybridized carbons (Fsp3) is 0.562. The second-order valence-electron chi connectivity index (χ2n) is 5.40. The minimum atomic E-state index is 0.0515. The van der Waals surface area contributed by atoms with Crippen LogP contribution in [0, 0.1) is 17.8 Å². The van der Waals surface area contributed by atoms with Gasteiger partial charge in [-0.15, -0.1) is 11.3 Å². The van der Waals surface area contributed by atoms with E-state index in [1.165, 1.54) is 0 Å². The maximum absolute atomic E-state index is 11.8. The van der Waals surface area contributed by atoms with Gasteiger partial charge in [-0.2, -0.15) is 0 Å². The quantitative estimate of drug-likeness (QED) is 0.754. The summed E-state index contributed by atoms with van der Waals surface area (Å²) in [6.45, 7) is 6.04. The number of aliphatic hydroxyl groups excluding tert-OH is 1. The van der Waals surface area contributed by atoms with Crippen molar-refractivity contribution in [2.75, 3.05) is 26.7 Å². The summed E-state index contributed by atoms with van der Waals surface area (Å²) in [5.41, 5.74) is 0.989. The first-order valence-corrected chi connectivity index (χ1v) is 8.02. The number of nitrogens with one attached hydrogen (secondary N) is 1. The monoisotopic (exact) mass is 308 g/mol. The fourth-order valence-corrected chi connectivity index (χ4v) is 2.62. The van der Waals surface area contributed by atoms with E-state index in [-0.39, 0.29) is 12.5 Å². The molecule has 0 atom stereocenters. The van der Waals surface area contributed by atoms with Crippen molar-refractivity contribution in [3.05, 3.63) is 21.9 Å². The van der Waals surface area contributed by atoms with E-state index in [1.807, 2.05) is 23.4 Å². The predicted octanol–water partition coefficient (Wildman–Crippen LogP) is 1.69. The standard InChI is InChI=1S/C16H24N2O2S/c1-13(2)10-17-16(20)12-18(3)11-15-14(7-9-21-15)6-4-5-8-19/h7,9,13,19H,5,8,10-12H2,1-3H3,(H,17,20). The summed E-state index contributed by atoms with van der Waals surface area (Å²) in [6.07, 6.45) is 0.489. The van der Waals surface area contributed by atoms with Gasteiger partial charge in [0.25, 0.3) is 0 Å². The molecule has 1 aromatic rings. The Balaban J connectivity index is 2.48. The molecule has 2 N–H and O–H groups in total. The maximum atomic E-state index is 11.8. The van der Waals surface area contributed by atoms with Crippen LogP contribution in [0.1, 0.15) is 30.7 Å². The van der Waals surface area contributed by atoms with Crippen LogP contribution in [-0.2, 0) is 11.3 Å². The van der Waals surface area contributed by atoms with Crippen molar-refractivity contribution in [3.63, 3.8) is 0 Å². The molecule has 0 bridgehead atoms. The third kappa shape index (κ3) is 7.28. The third-order valence-corrected chi connectivity index (χ3v) is 3.65. The Morgan fingerprint density at radius 1 is 1.52 bits per heavy atom. The van der Waals surface area contributed by atoms with Gasteiger partial charge >= 0.3 is 0 Å². The Kier molecular flexibility index (Phi) is 8.06. The number of carbonyl (C=O) groups excluding carboxylic acids is 1. The Bertz CT molecular complexity index is 500. The SMILES string of the molecule is CC(C)CNC(=O)CN(C)Cc1sccc1C#CCCO. The maximum Gasteiger partial charge on any atom is 0.234 e. The van der Waals surface area contributed by atoms with Gasteiger partial charge in [0.2, 0.25) is 5.91 Å². The summed E-state index contributed by atoms with van der Waals surface area (Å²) in [5.74, 6) is 6.51. The molecule has 0 radical (unpaired) electrons. The summed E-state index contributed by atoms with van der Waals surface area (Å²) in [5, 5.41) is 13.7. The molecular weight excluding hydrogens is 284 g/mol. The highest BCUT2D eigenvalue weighted by atomic mass is 32.1. The molecule has 116 valence electrons. The summed E-state index contributed by atoms with van der Waals surface area (Å²) in [7, 11) is 1.93. The van der Waals surface area contributed by atoms with Crippen LogP contribution >= 0.6 is 11.3 Å². The summed E-state index contributed by atoms with van der Waals surface area (Å²) in [6, 6.07) is 1.98. The van der Waals surface area contributed by atoms with Crippen molar-refractivity contribution in [2.24, 2.45) is 5.92 Å². The highest BCUT2D eigenvalue weighted by Gasteiger charge is 2.10. The van der Waals surface area contributed by atoms with Crippen LogP contribution in [0.25, 0.3) is 0 Å². The average Bonchev–Trinajstić information content (AvgIpc) is 2.84. The molecule has 0 aromatic carbocycles. The molecule has 0 aliphatic carbocycles. The van der Waals surface area contributed by atoms with E-state index < -0.39 is 0 Å². The molecule has 1 heterocycles. The molecular formula is C16H24N2O2S. The van der Waals surface area contributed by atoms with E-state index in [0.29, 0.717) is 32.0 Å². The van der Waals surface area contributed by atoms with E-state index in [4.69, 9.17) is 5.11 Å². The van der Waals surface area contributed by atoms with E-state index in [1.54, 1.807) is 11.3 Å². The van der Waals surface area contributed by atoms with Gasteiger partial charge < -0.3 is 10.4 Å². The van der Waals surface area contributed by atoms with Crippen molar-refractivity contribution in [1.82, 2.24) is 10.2 Å². The predicted molar refractivity (Wildman–Crippen MR) is 87.1 cm³/mol. The highest BCUT2D eigenvalue weighted by Crippen LogP contribution is 2.17. The van der Waals surface area contributed by atoms with Gasteiger partial charge in [0.1, 0.15) is 0 Å². The molecule has 21 heavy (non-hydrogen) atoms. The van der Waals surface area contributed by atoms with Crippen molar-refractivity contribution in [3.8, 4) is 11.8 Å². The van der Waals surface area contributed by atoms with Crippen molar-refractivity contribution >= 4 is 17.2 Å². The Hall–Kier alpha value is -1.35. The van der Waals surface area contributed by atoms with Crippen LogP contribution < -0.4 is 5.32 Å². The fourth-order valence-electron chi connectivity index (χ4n) is 1.71. The second-order valence-corrected chi connectivity index (χ2v) is 6.40. The summed E-state index contributed by atoms with van der Waals surface area (Å²) in [4.78, 5) is 14.9. The molecule has 0 fully saturated rings. The van der Waals surface area contributed by atoms with Gasteiger partial charge in [-0.3, -0.25) is 9.69 Å². The number of rotatable bonds is 7. The van der Waals surface area contributed by atoms with Crippen LogP contribution in [0.15, 0.2) is 11.4 Å². The molecule has 0 saturated heterocycles. The minimum Gasteiger partial charge on any atom is -0.395 e. The molecule has 0 saturated carbocycles. The highest BCUT2D eigenvalue weighted by molar-refractivity contribution is 7.10. The van der Waals surface area contributed by atoms with Gasteiger partial charge in [0.15, 0.2) is 0 Å². The first-order chi connectivity index (χ1) is 10.0. The van der Waals surface area contributed by atoms with Gasteiger partial charge in [0.05, 0.1) is 13.2 Å². The van der Waals surface area contributed by atoms with E-state index >= 15 is 0 Å². The smallest absolute Gasteiger partial charge is 0.234 e. The zero-order valence-electron chi connectivity index (χ0n) is 13.0. The lowest BCUT2D eigenvalue weighted by atomic mass is 10.2. The molecule has 0 unspecified atom stereocenters. The van der Waals surface area contributed by atoms with Crippen LogP contribution in [0.5, 0.6) is 0 Å². The minimum absolute atomic E-state index is 0.0515. The number of aliphatic hydroxyl groups is 1. The Labute approximate surface area is 131 Å². The normalized spacial score (nSPS) is 10.6. The summed E-state index contributed by atoms with van der Waals surface area (Å²) >= 11 is 1.64. The van der Waals surface area contributed by atoms with E-state index in [9.17, 15) is 4.79 Å². The van der Waals surface area contributed by atoms with Crippen LogP contribution in [0.2, 0.25) is 0 Å². The lowest BCUT2D eigenvalue weighted by Crippen LogP contribution is -2.36. The topological polar surface area (TPSA) is 52.6 Å². The number of likely N-dealkylation sites (N-methyl/N-ethyl adjacent to an activating group) is 1. The molecule has 0 aliphatic rings. The molecule has 0 aliphatic heterocycles. The number of nitrogens with zero attached hydrogens (tertiary/aromatic N) is 1. The zero-order valence-corrected chi connectivity index (χ0v) is 13.8. The largest absolute Gasteiger partial charge is 0.395 e. The molecule has 1 amide bonds. The molecule has 1 aromatic heterocycles. The Morgan fingerprint density at radius 3 is 2.95 bits per heavy atom. The van der Waals surface area contributed by atoms with Crippen molar-refractivity contribution in [2.45, 2.75) is 26.8 Å². The van der Waals surface area contributed by atoms with E-state index in [0.717, 1.165) is 10.4 Å². The first-order valence-electron chi connectivity index (χ1n) is 7.14. The van der Waals surface area contributed by atoms with E-state index in [2.05, 4.69) is 31.0 Å². The van der Waals surface area contributed by atoms with Gasteiger partial charge in [-0.25, -0.2) is 0 Å². The molecule has 4 nitrogen and oxygen atoms in total. The number of amides is 1. The lowest BCUT2D eigenvalue weighted by molar-refractivity contribution is -0.122. The van der Waals surface area contributed by atoms with Gasteiger partial charge in [-0.1, -0.05) is 25.7 Å². The van der Waals surface area contributed by atoms with Crippen LogP contribution in [0.4, 0.5) is 0 Å². The number of carbonyl (C=O) groups is 1. The van der Waals surface area contributed by atoms with Gasteiger partial charge in [-0.05, 0) is 24.4 Å². The number of hydrogen-bond donors (Lipinski definition) is 2. The second kappa shape index (κ2) is 9.56. The van der Waals surface area contributed by atoms with Crippen molar-refractivity contribution < 1.29 is 9.90 Å². The van der Waals surface area contributed by atoms with Crippen molar-refractivity contribution in [1.29, 1.82) is 0 Å².